The SMILES string of the molecule is COc1ncc(Cn2cnc(CO)n2)nc1-c1cccc(Cl)c1. The van der Waals surface area contributed by atoms with Crippen molar-refractivity contribution in [3.63, 3.8) is 0 Å². The molecule has 23 heavy (non-hydrogen) atoms. The highest BCUT2D eigenvalue weighted by Gasteiger charge is 2.12. The summed E-state index contributed by atoms with van der Waals surface area (Å²) in [7, 11) is 1.54. The lowest BCUT2D eigenvalue weighted by Crippen LogP contribution is -2.06. The van der Waals surface area contributed by atoms with E-state index in [1.807, 2.05) is 12.1 Å². The largest absolute Gasteiger partial charge is 0.479 e. The fourth-order valence-electron chi connectivity index (χ4n) is 2.11. The van der Waals surface area contributed by atoms with Crippen molar-refractivity contribution in [3.05, 3.63) is 53.3 Å². The Morgan fingerprint density at radius 1 is 1.30 bits per heavy atom. The Hall–Kier alpha value is -2.51. The third-order valence-electron chi connectivity index (χ3n) is 3.13. The Kier molecular flexibility index (Phi) is 4.50. The van der Waals surface area contributed by atoms with Crippen molar-refractivity contribution in [1.29, 1.82) is 0 Å². The number of methoxy groups -OCH3 is 1. The second-order valence-corrected chi connectivity index (χ2v) is 5.18. The first-order valence-electron chi connectivity index (χ1n) is 6.84. The van der Waals surface area contributed by atoms with E-state index in [0.29, 0.717) is 34.7 Å². The summed E-state index contributed by atoms with van der Waals surface area (Å²) < 4.78 is 6.87. The fraction of sp³-hybridized carbons (Fsp3) is 0.200. The van der Waals surface area contributed by atoms with Gasteiger partial charge in [-0.1, -0.05) is 23.7 Å². The molecule has 0 radical (unpaired) electrons. The van der Waals surface area contributed by atoms with E-state index >= 15 is 0 Å². The molecule has 0 fully saturated rings. The molecule has 2 aromatic heterocycles. The smallest absolute Gasteiger partial charge is 0.240 e. The van der Waals surface area contributed by atoms with Crippen LogP contribution >= 0.6 is 11.6 Å². The Morgan fingerprint density at radius 2 is 2.17 bits per heavy atom. The van der Waals surface area contributed by atoms with Crippen molar-refractivity contribution in [1.82, 2.24) is 24.7 Å². The summed E-state index contributed by atoms with van der Waals surface area (Å²) in [6.45, 7) is 0.187. The van der Waals surface area contributed by atoms with Crippen molar-refractivity contribution in [2.45, 2.75) is 13.2 Å². The molecule has 0 bridgehead atoms. The molecule has 0 aliphatic carbocycles. The molecule has 1 N–H and O–H groups in total. The van der Waals surface area contributed by atoms with Crippen molar-refractivity contribution in [2.24, 2.45) is 0 Å². The number of rotatable bonds is 5. The number of nitrogens with zero attached hydrogens (tertiary/aromatic N) is 5. The standard InChI is InChI=1S/C15H14ClN5O2/c1-23-15-14(10-3-2-4-11(16)5-10)19-12(6-17-15)7-21-9-18-13(8-22)20-21/h2-6,9,22H,7-8H2,1H3. The molecule has 0 aliphatic rings. The molecule has 0 amide bonds. The van der Waals surface area contributed by atoms with Gasteiger partial charge in [-0.15, -0.1) is 0 Å². The quantitative estimate of drug-likeness (QED) is 0.769. The lowest BCUT2D eigenvalue weighted by atomic mass is 10.1. The van der Waals surface area contributed by atoms with Gasteiger partial charge in [0.25, 0.3) is 0 Å². The molecule has 3 rings (SSSR count). The highest BCUT2D eigenvalue weighted by molar-refractivity contribution is 6.30. The van der Waals surface area contributed by atoms with Crippen LogP contribution in [0.15, 0.2) is 36.8 Å². The summed E-state index contributed by atoms with van der Waals surface area (Å²) in [5, 5.41) is 13.7. The number of hydrogen-bond donors (Lipinski definition) is 1. The first-order chi connectivity index (χ1) is 11.2. The molecule has 0 spiro atoms. The van der Waals surface area contributed by atoms with Gasteiger partial charge < -0.3 is 9.84 Å². The van der Waals surface area contributed by atoms with Crippen LogP contribution in [0.4, 0.5) is 0 Å². The number of aliphatic hydroxyl groups is 1. The summed E-state index contributed by atoms with van der Waals surface area (Å²) >= 11 is 6.04. The average Bonchev–Trinajstić information content (AvgIpc) is 3.02. The van der Waals surface area contributed by atoms with Crippen LogP contribution in [0.2, 0.25) is 5.02 Å². The molecule has 0 saturated heterocycles. The normalized spacial score (nSPS) is 10.7. The van der Waals surface area contributed by atoms with Crippen molar-refractivity contribution < 1.29 is 9.84 Å². The Bertz CT molecular complexity index is 821. The van der Waals surface area contributed by atoms with Crippen LogP contribution in [-0.4, -0.2) is 36.9 Å². The van der Waals surface area contributed by atoms with Gasteiger partial charge in [-0.2, -0.15) is 5.10 Å². The number of ether oxygens (including phenoxy) is 1. The molecule has 7 nitrogen and oxygen atoms in total. The van der Waals surface area contributed by atoms with Crippen LogP contribution in [0.1, 0.15) is 11.5 Å². The highest BCUT2D eigenvalue weighted by atomic mass is 35.5. The Balaban J connectivity index is 1.95. The lowest BCUT2D eigenvalue weighted by molar-refractivity contribution is 0.270. The van der Waals surface area contributed by atoms with E-state index in [1.165, 1.54) is 6.33 Å². The monoisotopic (exact) mass is 331 g/mol. The van der Waals surface area contributed by atoms with E-state index in [2.05, 4.69) is 20.1 Å². The van der Waals surface area contributed by atoms with E-state index in [9.17, 15) is 0 Å². The zero-order chi connectivity index (χ0) is 16.2. The molecule has 118 valence electrons. The van der Waals surface area contributed by atoms with Gasteiger partial charge in [0.2, 0.25) is 5.88 Å². The maximum absolute atomic E-state index is 9.01. The van der Waals surface area contributed by atoms with Gasteiger partial charge in [-0.25, -0.2) is 19.6 Å². The van der Waals surface area contributed by atoms with Crippen molar-refractivity contribution >= 4 is 11.6 Å². The van der Waals surface area contributed by atoms with Gasteiger partial charge in [0.1, 0.15) is 18.6 Å². The molecule has 0 aliphatic heterocycles. The molecule has 0 unspecified atom stereocenters. The maximum atomic E-state index is 9.01. The predicted octanol–water partition coefficient (Wildman–Crippen LogP) is 1.94. The number of hydrogen-bond acceptors (Lipinski definition) is 6. The van der Waals surface area contributed by atoms with Crippen LogP contribution < -0.4 is 4.74 Å². The summed E-state index contributed by atoms with van der Waals surface area (Å²) in [5.41, 5.74) is 2.11. The van der Waals surface area contributed by atoms with Gasteiger partial charge in [-0.05, 0) is 12.1 Å². The Labute approximate surface area is 137 Å². The maximum Gasteiger partial charge on any atom is 0.240 e. The van der Waals surface area contributed by atoms with Gasteiger partial charge in [0.05, 0.1) is 25.5 Å². The highest BCUT2D eigenvalue weighted by Crippen LogP contribution is 2.28. The second-order valence-electron chi connectivity index (χ2n) is 4.75. The van der Waals surface area contributed by atoms with Crippen LogP contribution in [0.5, 0.6) is 5.88 Å². The first-order valence-corrected chi connectivity index (χ1v) is 7.22. The van der Waals surface area contributed by atoms with Gasteiger partial charge in [0.15, 0.2) is 5.82 Å². The van der Waals surface area contributed by atoms with E-state index in [4.69, 9.17) is 21.4 Å². The number of aromatic nitrogens is 5. The molecule has 0 saturated carbocycles. The lowest BCUT2D eigenvalue weighted by Gasteiger charge is -2.09. The number of benzene rings is 1. The van der Waals surface area contributed by atoms with E-state index in [0.717, 1.165) is 5.56 Å². The zero-order valence-electron chi connectivity index (χ0n) is 12.3. The minimum absolute atomic E-state index is 0.199. The van der Waals surface area contributed by atoms with Crippen LogP contribution in [0, 0.1) is 0 Å². The molecule has 2 heterocycles. The van der Waals surface area contributed by atoms with Crippen LogP contribution in [0.25, 0.3) is 11.3 Å². The summed E-state index contributed by atoms with van der Waals surface area (Å²) in [5.74, 6) is 0.784. The molecule has 1 aromatic carbocycles. The summed E-state index contributed by atoms with van der Waals surface area (Å²) in [6, 6.07) is 7.33. The molecule has 0 atom stereocenters. The van der Waals surface area contributed by atoms with E-state index in [1.54, 1.807) is 30.1 Å². The summed E-state index contributed by atoms with van der Waals surface area (Å²) in [6.07, 6.45) is 3.16. The van der Waals surface area contributed by atoms with Crippen LogP contribution in [0.3, 0.4) is 0 Å². The van der Waals surface area contributed by atoms with Gasteiger partial charge >= 0.3 is 0 Å². The third kappa shape index (κ3) is 3.46. The average molecular weight is 332 g/mol. The number of aliphatic hydroxyl groups excluding tert-OH is 1. The van der Waals surface area contributed by atoms with Crippen molar-refractivity contribution in [2.75, 3.05) is 7.11 Å². The molecular formula is C15H14ClN5O2. The van der Waals surface area contributed by atoms with E-state index in [-0.39, 0.29) is 6.61 Å². The molecule has 8 heteroatoms. The van der Waals surface area contributed by atoms with Crippen molar-refractivity contribution in [3.8, 4) is 17.1 Å². The molecular weight excluding hydrogens is 318 g/mol. The van der Waals surface area contributed by atoms with Gasteiger partial charge in [0, 0.05) is 10.6 Å². The van der Waals surface area contributed by atoms with E-state index < -0.39 is 0 Å². The minimum atomic E-state index is -0.199. The first kappa shape index (κ1) is 15.4. The fourth-order valence-corrected chi connectivity index (χ4v) is 2.30. The molecule has 3 aromatic rings. The Morgan fingerprint density at radius 3 is 2.87 bits per heavy atom. The second kappa shape index (κ2) is 6.72. The van der Waals surface area contributed by atoms with Gasteiger partial charge in [-0.3, -0.25) is 0 Å². The zero-order valence-corrected chi connectivity index (χ0v) is 13.1. The van der Waals surface area contributed by atoms with Crippen LogP contribution in [-0.2, 0) is 13.2 Å². The number of halogens is 1. The predicted molar refractivity (Wildman–Crippen MR) is 84.1 cm³/mol. The third-order valence-corrected chi connectivity index (χ3v) is 3.36. The summed E-state index contributed by atoms with van der Waals surface area (Å²) in [4.78, 5) is 12.8. The minimum Gasteiger partial charge on any atom is -0.479 e. The topological polar surface area (TPSA) is 86.0 Å².